The molecule has 14 heavy (non-hydrogen) atoms. The molecule has 82 valence electrons. The van der Waals surface area contributed by atoms with Gasteiger partial charge in [-0.05, 0) is 26.3 Å². The molecule has 3 N–H and O–H groups in total. The average molecular weight is 199 g/mol. The largest absolute Gasteiger partial charge is 0.352 e. The molecule has 0 bridgehead atoms. The van der Waals surface area contributed by atoms with Crippen LogP contribution in [0.2, 0.25) is 0 Å². The molecule has 0 aliphatic heterocycles. The van der Waals surface area contributed by atoms with Crippen molar-refractivity contribution in [1.29, 1.82) is 0 Å². The topological polar surface area (TPSA) is 58.4 Å². The molecule has 1 rings (SSSR count). The first-order chi connectivity index (χ1) is 6.69. The summed E-state index contributed by atoms with van der Waals surface area (Å²) >= 11 is 0. The highest BCUT2D eigenvalue weighted by atomic mass is 16.2. The van der Waals surface area contributed by atoms with Crippen LogP contribution in [-0.2, 0) is 4.79 Å². The molecule has 1 unspecified atom stereocenters. The predicted molar refractivity (Wildman–Crippen MR) is 56.9 cm³/mol. The number of rotatable bonds is 6. The van der Waals surface area contributed by atoms with Crippen molar-refractivity contribution in [2.75, 3.05) is 19.6 Å². The third kappa shape index (κ3) is 3.27. The van der Waals surface area contributed by atoms with Crippen LogP contribution in [-0.4, -0.2) is 42.5 Å². The lowest BCUT2D eigenvalue weighted by atomic mass is 10.2. The zero-order valence-electron chi connectivity index (χ0n) is 9.12. The van der Waals surface area contributed by atoms with E-state index in [4.69, 9.17) is 5.73 Å². The molecule has 0 spiro atoms. The molecule has 1 saturated carbocycles. The van der Waals surface area contributed by atoms with E-state index in [1.54, 1.807) is 0 Å². The Bertz CT molecular complexity index is 192. The van der Waals surface area contributed by atoms with Gasteiger partial charge in [0.1, 0.15) is 0 Å². The molecule has 1 aliphatic carbocycles. The van der Waals surface area contributed by atoms with E-state index in [1.165, 1.54) is 0 Å². The second-order valence-corrected chi connectivity index (χ2v) is 3.88. The quantitative estimate of drug-likeness (QED) is 0.630. The summed E-state index contributed by atoms with van der Waals surface area (Å²) in [4.78, 5) is 13.8. The van der Waals surface area contributed by atoms with Gasteiger partial charge in [-0.2, -0.15) is 0 Å². The summed E-state index contributed by atoms with van der Waals surface area (Å²) in [6.45, 7) is 6.26. The van der Waals surface area contributed by atoms with Crippen molar-refractivity contribution < 1.29 is 4.79 Å². The molecular formula is C10H21N3O. The average Bonchev–Trinajstić information content (AvgIpc) is 2.96. The maximum absolute atomic E-state index is 11.7. The lowest BCUT2D eigenvalue weighted by Gasteiger charge is -2.26. The number of amides is 1. The van der Waals surface area contributed by atoms with Crippen LogP contribution in [0.25, 0.3) is 0 Å². The van der Waals surface area contributed by atoms with Crippen molar-refractivity contribution in [3.05, 3.63) is 0 Å². The smallest absolute Gasteiger partial charge is 0.237 e. The molecule has 0 aromatic carbocycles. The number of carbonyl (C=O) groups excluding carboxylic acids is 1. The third-order valence-electron chi connectivity index (χ3n) is 2.67. The van der Waals surface area contributed by atoms with Gasteiger partial charge in [0.2, 0.25) is 5.91 Å². The number of hydrogen-bond donors (Lipinski definition) is 2. The Morgan fingerprint density at radius 3 is 2.71 bits per heavy atom. The van der Waals surface area contributed by atoms with E-state index >= 15 is 0 Å². The molecule has 0 aromatic rings. The van der Waals surface area contributed by atoms with Crippen LogP contribution >= 0.6 is 0 Å². The van der Waals surface area contributed by atoms with Gasteiger partial charge in [-0.3, -0.25) is 9.69 Å². The fourth-order valence-corrected chi connectivity index (χ4v) is 1.51. The summed E-state index contributed by atoms with van der Waals surface area (Å²) < 4.78 is 0. The first kappa shape index (κ1) is 11.5. The monoisotopic (exact) mass is 199 g/mol. The molecular weight excluding hydrogens is 178 g/mol. The maximum Gasteiger partial charge on any atom is 0.237 e. The van der Waals surface area contributed by atoms with Crippen LogP contribution in [0.4, 0.5) is 0 Å². The molecule has 4 nitrogen and oxygen atoms in total. The number of likely N-dealkylation sites (N-methyl/N-ethyl adjacent to an activating group) is 1. The molecule has 0 radical (unpaired) electrons. The molecule has 0 saturated heterocycles. The molecule has 1 fully saturated rings. The summed E-state index contributed by atoms with van der Waals surface area (Å²) in [6, 6.07) is 0.394. The van der Waals surface area contributed by atoms with Crippen LogP contribution < -0.4 is 11.1 Å². The van der Waals surface area contributed by atoms with Crippen LogP contribution in [0, 0.1) is 0 Å². The van der Waals surface area contributed by atoms with Crippen LogP contribution in [0.1, 0.15) is 26.7 Å². The summed E-state index contributed by atoms with van der Waals surface area (Å²) in [5.74, 6) is 0.141. The summed E-state index contributed by atoms with van der Waals surface area (Å²) in [7, 11) is 0. The highest BCUT2D eigenvalue weighted by Crippen LogP contribution is 2.18. The summed E-state index contributed by atoms with van der Waals surface area (Å²) in [6.07, 6.45) is 2.28. The van der Waals surface area contributed by atoms with Gasteiger partial charge in [0.05, 0.1) is 6.04 Å². The molecule has 4 heteroatoms. The molecule has 0 heterocycles. The van der Waals surface area contributed by atoms with Gasteiger partial charge in [0, 0.05) is 19.1 Å². The van der Waals surface area contributed by atoms with Crippen molar-refractivity contribution >= 4 is 5.91 Å². The van der Waals surface area contributed by atoms with Gasteiger partial charge in [0.15, 0.2) is 0 Å². The first-order valence-corrected chi connectivity index (χ1v) is 5.43. The molecule has 0 aromatic heterocycles. The standard InChI is InChI=1S/C10H21N3O/c1-3-13(7-6-11)8(2)10(14)12-9-4-5-9/h8-9H,3-7,11H2,1-2H3,(H,12,14). The Morgan fingerprint density at radius 1 is 1.64 bits per heavy atom. The minimum Gasteiger partial charge on any atom is -0.352 e. The van der Waals surface area contributed by atoms with Crippen molar-refractivity contribution in [3.63, 3.8) is 0 Å². The number of nitrogens with two attached hydrogens (primary N) is 1. The van der Waals surface area contributed by atoms with E-state index in [1.807, 2.05) is 6.92 Å². The van der Waals surface area contributed by atoms with Crippen molar-refractivity contribution in [1.82, 2.24) is 10.2 Å². The lowest BCUT2D eigenvalue weighted by Crippen LogP contribution is -2.47. The van der Waals surface area contributed by atoms with E-state index in [2.05, 4.69) is 17.1 Å². The number of carbonyl (C=O) groups is 1. The van der Waals surface area contributed by atoms with Gasteiger partial charge in [0.25, 0.3) is 0 Å². The molecule has 1 aliphatic rings. The second-order valence-electron chi connectivity index (χ2n) is 3.88. The Balaban J connectivity index is 2.34. The lowest BCUT2D eigenvalue weighted by molar-refractivity contribution is -0.125. The van der Waals surface area contributed by atoms with E-state index < -0.39 is 0 Å². The predicted octanol–water partition coefficient (Wildman–Crippen LogP) is -0.0659. The fraction of sp³-hybridized carbons (Fsp3) is 0.900. The third-order valence-corrected chi connectivity index (χ3v) is 2.67. The van der Waals surface area contributed by atoms with Gasteiger partial charge < -0.3 is 11.1 Å². The van der Waals surface area contributed by atoms with Gasteiger partial charge in [-0.15, -0.1) is 0 Å². The van der Waals surface area contributed by atoms with E-state index in [-0.39, 0.29) is 11.9 Å². The van der Waals surface area contributed by atoms with Crippen molar-refractivity contribution in [2.45, 2.75) is 38.8 Å². The molecule has 1 amide bonds. The maximum atomic E-state index is 11.7. The van der Waals surface area contributed by atoms with Gasteiger partial charge in [-0.1, -0.05) is 6.92 Å². The minimum absolute atomic E-state index is 0.0517. The minimum atomic E-state index is -0.0517. The van der Waals surface area contributed by atoms with Crippen molar-refractivity contribution in [3.8, 4) is 0 Å². The Morgan fingerprint density at radius 2 is 2.29 bits per heavy atom. The SMILES string of the molecule is CCN(CCN)C(C)C(=O)NC1CC1. The van der Waals surface area contributed by atoms with E-state index in [0.717, 1.165) is 25.9 Å². The number of nitrogens with one attached hydrogen (secondary N) is 1. The second kappa shape index (κ2) is 5.32. The number of hydrogen-bond acceptors (Lipinski definition) is 3. The fourth-order valence-electron chi connectivity index (χ4n) is 1.51. The Hall–Kier alpha value is -0.610. The van der Waals surface area contributed by atoms with Crippen LogP contribution in [0.3, 0.4) is 0 Å². The Kier molecular flexibility index (Phi) is 4.35. The highest BCUT2D eigenvalue weighted by Gasteiger charge is 2.27. The van der Waals surface area contributed by atoms with Crippen LogP contribution in [0.5, 0.6) is 0 Å². The molecule has 1 atom stereocenters. The van der Waals surface area contributed by atoms with Gasteiger partial charge >= 0.3 is 0 Å². The van der Waals surface area contributed by atoms with E-state index in [0.29, 0.717) is 12.6 Å². The van der Waals surface area contributed by atoms with E-state index in [9.17, 15) is 4.79 Å². The van der Waals surface area contributed by atoms with Crippen molar-refractivity contribution in [2.24, 2.45) is 5.73 Å². The van der Waals surface area contributed by atoms with Crippen LogP contribution in [0.15, 0.2) is 0 Å². The first-order valence-electron chi connectivity index (χ1n) is 5.43. The number of nitrogens with zero attached hydrogens (tertiary/aromatic N) is 1. The highest BCUT2D eigenvalue weighted by molar-refractivity contribution is 5.81. The zero-order valence-corrected chi connectivity index (χ0v) is 9.12. The Labute approximate surface area is 85.8 Å². The normalized spacial score (nSPS) is 18.3. The van der Waals surface area contributed by atoms with Gasteiger partial charge in [-0.25, -0.2) is 0 Å². The summed E-state index contributed by atoms with van der Waals surface area (Å²) in [5.41, 5.74) is 5.48. The zero-order chi connectivity index (χ0) is 10.6. The summed E-state index contributed by atoms with van der Waals surface area (Å²) in [5, 5.41) is 3.01.